The molecule has 0 unspecified atom stereocenters. The van der Waals surface area contributed by atoms with Gasteiger partial charge in [0.25, 0.3) is 5.91 Å². The van der Waals surface area contributed by atoms with Gasteiger partial charge in [0.1, 0.15) is 10.8 Å². The van der Waals surface area contributed by atoms with Crippen molar-refractivity contribution in [1.82, 2.24) is 15.5 Å². The van der Waals surface area contributed by atoms with Crippen LogP contribution in [0.4, 0.5) is 10.2 Å². The van der Waals surface area contributed by atoms with E-state index in [9.17, 15) is 14.0 Å². The van der Waals surface area contributed by atoms with Crippen molar-refractivity contribution >= 4 is 29.4 Å². The Morgan fingerprint density at radius 1 is 1.22 bits per heavy atom. The molecule has 0 bridgehead atoms. The van der Waals surface area contributed by atoms with Crippen molar-refractivity contribution in [2.75, 3.05) is 24.2 Å². The SMILES string of the molecule is O=C(CSc1ccc(NC(=O)c2ccccc2F)nn1)NC[C@H]1CCCO1. The summed E-state index contributed by atoms with van der Waals surface area (Å²) in [6.07, 6.45) is 2.11. The lowest BCUT2D eigenvalue weighted by Gasteiger charge is -2.10. The minimum absolute atomic E-state index is 0.0688. The van der Waals surface area contributed by atoms with Crippen LogP contribution in [-0.4, -0.2) is 47.0 Å². The van der Waals surface area contributed by atoms with Gasteiger partial charge in [0.2, 0.25) is 5.91 Å². The Labute approximate surface area is 160 Å². The lowest BCUT2D eigenvalue weighted by molar-refractivity contribution is -0.119. The summed E-state index contributed by atoms with van der Waals surface area (Å²) in [5.74, 6) is -0.896. The molecule has 2 aromatic rings. The number of hydrogen-bond acceptors (Lipinski definition) is 6. The number of rotatable bonds is 7. The third-order valence-electron chi connectivity index (χ3n) is 3.90. The van der Waals surface area contributed by atoms with Crippen molar-refractivity contribution in [3.8, 4) is 0 Å². The average molecular weight is 390 g/mol. The molecular weight excluding hydrogens is 371 g/mol. The number of benzene rings is 1. The summed E-state index contributed by atoms with van der Waals surface area (Å²) in [5.41, 5.74) is -0.0688. The van der Waals surface area contributed by atoms with E-state index in [-0.39, 0.29) is 29.1 Å². The van der Waals surface area contributed by atoms with Crippen LogP contribution < -0.4 is 10.6 Å². The smallest absolute Gasteiger partial charge is 0.259 e. The molecule has 0 radical (unpaired) electrons. The number of carbonyl (C=O) groups is 2. The van der Waals surface area contributed by atoms with Crippen LogP contribution >= 0.6 is 11.8 Å². The zero-order valence-corrected chi connectivity index (χ0v) is 15.3. The lowest BCUT2D eigenvalue weighted by atomic mass is 10.2. The van der Waals surface area contributed by atoms with Gasteiger partial charge in [-0.25, -0.2) is 4.39 Å². The van der Waals surface area contributed by atoms with E-state index in [1.807, 2.05) is 0 Å². The summed E-state index contributed by atoms with van der Waals surface area (Å²) in [4.78, 5) is 23.9. The number of nitrogens with zero attached hydrogens (tertiary/aromatic N) is 2. The molecule has 9 heteroatoms. The topological polar surface area (TPSA) is 93.2 Å². The molecule has 1 atom stereocenters. The molecule has 1 fully saturated rings. The quantitative estimate of drug-likeness (QED) is 0.705. The van der Waals surface area contributed by atoms with E-state index in [1.165, 1.54) is 30.0 Å². The fraction of sp³-hybridized carbons (Fsp3) is 0.333. The Kier molecular flexibility index (Phi) is 6.72. The number of carbonyl (C=O) groups excluding carboxylic acids is 2. The van der Waals surface area contributed by atoms with Gasteiger partial charge in [0.05, 0.1) is 17.4 Å². The monoisotopic (exact) mass is 390 g/mol. The molecule has 1 aromatic heterocycles. The summed E-state index contributed by atoms with van der Waals surface area (Å²) in [7, 11) is 0. The second-order valence-electron chi connectivity index (χ2n) is 5.92. The van der Waals surface area contributed by atoms with Crippen LogP contribution in [0.15, 0.2) is 41.4 Å². The number of aromatic nitrogens is 2. The molecule has 1 aromatic carbocycles. The molecule has 2 amide bonds. The van der Waals surface area contributed by atoms with Crippen molar-refractivity contribution < 1.29 is 18.7 Å². The van der Waals surface area contributed by atoms with Crippen LogP contribution in [0.2, 0.25) is 0 Å². The number of amides is 2. The van der Waals surface area contributed by atoms with Crippen LogP contribution in [0.25, 0.3) is 0 Å². The maximum absolute atomic E-state index is 13.6. The zero-order chi connectivity index (χ0) is 19.1. The highest BCUT2D eigenvalue weighted by Gasteiger charge is 2.16. The van der Waals surface area contributed by atoms with E-state index in [2.05, 4.69) is 20.8 Å². The molecule has 0 spiro atoms. The van der Waals surface area contributed by atoms with Gasteiger partial charge in [-0.05, 0) is 37.1 Å². The molecule has 0 aliphatic carbocycles. The van der Waals surface area contributed by atoms with E-state index >= 15 is 0 Å². The predicted octanol–water partition coefficient (Wildman–Crippen LogP) is 2.26. The summed E-state index contributed by atoms with van der Waals surface area (Å²) in [6, 6.07) is 8.88. The van der Waals surface area contributed by atoms with Crippen LogP contribution in [-0.2, 0) is 9.53 Å². The Morgan fingerprint density at radius 2 is 2.07 bits per heavy atom. The first-order valence-corrected chi connectivity index (χ1v) is 9.51. The normalized spacial score (nSPS) is 16.1. The first kappa shape index (κ1) is 19.2. The first-order valence-electron chi connectivity index (χ1n) is 8.52. The standard InChI is InChI=1S/C18H19FN4O3S/c19-14-6-2-1-5-13(14)18(25)21-15-7-8-17(23-22-15)27-11-16(24)20-10-12-4-3-9-26-12/h1-2,5-8,12H,3-4,9-11H2,(H,20,24)(H,21,22,25)/t12-/m1/s1. The Morgan fingerprint density at radius 3 is 2.78 bits per heavy atom. The van der Waals surface area contributed by atoms with Gasteiger partial charge in [-0.15, -0.1) is 10.2 Å². The minimum atomic E-state index is -0.607. The number of ether oxygens (including phenoxy) is 1. The fourth-order valence-corrected chi connectivity index (χ4v) is 3.16. The van der Waals surface area contributed by atoms with Gasteiger partial charge in [-0.2, -0.15) is 0 Å². The summed E-state index contributed by atoms with van der Waals surface area (Å²) in [5, 5.41) is 13.7. The minimum Gasteiger partial charge on any atom is -0.376 e. The number of anilines is 1. The van der Waals surface area contributed by atoms with E-state index < -0.39 is 11.7 Å². The number of halogens is 1. The third-order valence-corrected chi connectivity index (χ3v) is 4.82. The number of hydrogen-bond donors (Lipinski definition) is 2. The summed E-state index contributed by atoms with van der Waals surface area (Å²) in [6.45, 7) is 1.27. The Hall–Kier alpha value is -2.52. The van der Waals surface area contributed by atoms with Gasteiger partial charge in [-0.1, -0.05) is 23.9 Å². The van der Waals surface area contributed by atoms with Crippen LogP contribution in [0, 0.1) is 5.82 Å². The number of nitrogens with one attached hydrogen (secondary N) is 2. The molecular formula is C18H19FN4O3S. The second kappa shape index (κ2) is 9.43. The maximum Gasteiger partial charge on any atom is 0.259 e. The third kappa shape index (κ3) is 5.73. The maximum atomic E-state index is 13.6. The van der Waals surface area contributed by atoms with Gasteiger partial charge in [0, 0.05) is 13.2 Å². The van der Waals surface area contributed by atoms with Gasteiger partial charge in [-0.3, -0.25) is 9.59 Å². The first-order chi connectivity index (χ1) is 13.1. The fourth-order valence-electron chi connectivity index (χ4n) is 2.52. The largest absolute Gasteiger partial charge is 0.376 e. The molecule has 1 aliphatic heterocycles. The highest BCUT2D eigenvalue weighted by atomic mass is 32.2. The van der Waals surface area contributed by atoms with Gasteiger partial charge < -0.3 is 15.4 Å². The molecule has 142 valence electrons. The molecule has 1 saturated heterocycles. The highest BCUT2D eigenvalue weighted by Crippen LogP contribution is 2.16. The van der Waals surface area contributed by atoms with Crippen LogP contribution in [0.3, 0.4) is 0 Å². The van der Waals surface area contributed by atoms with Gasteiger partial charge >= 0.3 is 0 Å². The molecule has 3 rings (SSSR count). The van der Waals surface area contributed by atoms with E-state index in [1.54, 1.807) is 18.2 Å². The second-order valence-corrected chi connectivity index (χ2v) is 6.91. The molecule has 2 heterocycles. The molecule has 1 aliphatic rings. The summed E-state index contributed by atoms with van der Waals surface area (Å²) < 4.78 is 19.0. The van der Waals surface area contributed by atoms with E-state index in [0.717, 1.165) is 19.4 Å². The zero-order valence-electron chi connectivity index (χ0n) is 14.5. The Balaban J connectivity index is 1.45. The van der Waals surface area contributed by atoms with Crippen LogP contribution in [0.5, 0.6) is 0 Å². The van der Waals surface area contributed by atoms with Crippen LogP contribution in [0.1, 0.15) is 23.2 Å². The Bertz CT molecular complexity index is 797. The van der Waals surface area contributed by atoms with Crippen molar-refractivity contribution in [3.63, 3.8) is 0 Å². The van der Waals surface area contributed by atoms with E-state index in [0.29, 0.717) is 11.6 Å². The predicted molar refractivity (Wildman–Crippen MR) is 99.1 cm³/mol. The average Bonchev–Trinajstić information content (AvgIpc) is 3.20. The van der Waals surface area contributed by atoms with Crippen molar-refractivity contribution in [2.24, 2.45) is 0 Å². The van der Waals surface area contributed by atoms with Crippen molar-refractivity contribution in [2.45, 2.75) is 24.0 Å². The van der Waals surface area contributed by atoms with E-state index in [4.69, 9.17) is 4.74 Å². The van der Waals surface area contributed by atoms with Gasteiger partial charge in [0.15, 0.2) is 5.82 Å². The molecule has 0 saturated carbocycles. The molecule has 2 N–H and O–H groups in total. The molecule has 27 heavy (non-hydrogen) atoms. The molecule has 7 nitrogen and oxygen atoms in total. The number of thioether (sulfide) groups is 1. The van der Waals surface area contributed by atoms with Crippen molar-refractivity contribution in [3.05, 3.63) is 47.8 Å². The lowest BCUT2D eigenvalue weighted by Crippen LogP contribution is -2.32. The highest BCUT2D eigenvalue weighted by molar-refractivity contribution is 7.99. The summed E-state index contributed by atoms with van der Waals surface area (Å²) >= 11 is 1.24. The van der Waals surface area contributed by atoms with Crippen molar-refractivity contribution in [1.29, 1.82) is 0 Å².